The van der Waals surface area contributed by atoms with E-state index in [-0.39, 0.29) is 36.7 Å². The highest BCUT2D eigenvalue weighted by Crippen LogP contribution is 2.39. The summed E-state index contributed by atoms with van der Waals surface area (Å²) >= 11 is 5.85. The molecule has 2 fully saturated rings. The van der Waals surface area contributed by atoms with Crippen LogP contribution in [0, 0.1) is 5.92 Å². The number of hydrogen-bond acceptors (Lipinski definition) is 5. The molecule has 2 aromatic heterocycles. The van der Waals surface area contributed by atoms with Gasteiger partial charge in [-0.25, -0.2) is 14.8 Å². The van der Waals surface area contributed by atoms with E-state index in [1.807, 2.05) is 26.0 Å². The summed E-state index contributed by atoms with van der Waals surface area (Å²) in [6.07, 6.45) is 7.35. The van der Waals surface area contributed by atoms with Crippen molar-refractivity contribution in [2.45, 2.75) is 45.1 Å². The second-order valence-corrected chi connectivity index (χ2v) is 8.54. The second kappa shape index (κ2) is 8.06. The molecule has 2 aliphatic rings. The maximum atomic E-state index is 13.0. The number of aromatic nitrogens is 3. The summed E-state index contributed by atoms with van der Waals surface area (Å²) in [6, 6.07) is 3.71. The predicted molar refractivity (Wildman–Crippen MR) is 110 cm³/mol. The number of carbonyl (C=O) groups excluding carboxylic acids is 2. The number of anilines is 1. The molecule has 0 unspecified atom stereocenters. The standard InChI is InChI=1S/C21H24ClN5O2/c1-13(2)19-12-27(20-24-9-16(22)10-25-20)21(29)26(19)11-18(28)8-17-7-15(5-6-23-17)14-3-4-14/h5-7,9-10,13-14,19H,3-4,8,11-12H2,1-2H3/t19-/m1/s1. The van der Waals surface area contributed by atoms with E-state index in [0.29, 0.717) is 23.4 Å². The molecule has 8 heteroatoms. The Morgan fingerprint density at radius 1 is 1.24 bits per heavy atom. The number of urea groups is 1. The van der Waals surface area contributed by atoms with Crippen molar-refractivity contribution < 1.29 is 9.59 Å². The smallest absolute Gasteiger partial charge is 0.312 e. The van der Waals surface area contributed by atoms with Crippen LogP contribution in [0.3, 0.4) is 0 Å². The Morgan fingerprint density at radius 2 is 1.97 bits per heavy atom. The Hall–Kier alpha value is -2.54. The maximum Gasteiger partial charge on any atom is 0.327 e. The summed E-state index contributed by atoms with van der Waals surface area (Å²) in [5.41, 5.74) is 2.02. The summed E-state index contributed by atoms with van der Waals surface area (Å²) in [4.78, 5) is 41.6. The second-order valence-electron chi connectivity index (χ2n) is 8.10. The lowest BCUT2D eigenvalue weighted by molar-refractivity contribution is -0.119. The molecule has 1 aliphatic carbocycles. The summed E-state index contributed by atoms with van der Waals surface area (Å²) in [5.74, 6) is 1.09. The minimum Gasteiger partial charge on any atom is -0.312 e. The molecule has 0 N–H and O–H groups in total. The van der Waals surface area contributed by atoms with Gasteiger partial charge in [0.15, 0.2) is 5.78 Å². The van der Waals surface area contributed by atoms with Gasteiger partial charge < -0.3 is 4.90 Å². The van der Waals surface area contributed by atoms with E-state index in [2.05, 4.69) is 15.0 Å². The van der Waals surface area contributed by atoms with E-state index in [4.69, 9.17) is 11.6 Å². The number of hydrogen-bond donors (Lipinski definition) is 0. The van der Waals surface area contributed by atoms with Crippen LogP contribution in [0.4, 0.5) is 10.7 Å². The van der Waals surface area contributed by atoms with Gasteiger partial charge in [-0.15, -0.1) is 0 Å². The summed E-state index contributed by atoms with van der Waals surface area (Å²) in [5, 5.41) is 0.411. The zero-order valence-electron chi connectivity index (χ0n) is 16.6. The minimum absolute atomic E-state index is 0.0247. The fourth-order valence-corrected chi connectivity index (χ4v) is 3.84. The van der Waals surface area contributed by atoms with Gasteiger partial charge in [-0.1, -0.05) is 25.4 Å². The van der Waals surface area contributed by atoms with Gasteiger partial charge in [-0.2, -0.15) is 0 Å². The first-order valence-electron chi connectivity index (χ1n) is 9.94. The normalized spacial score (nSPS) is 19.3. The molecular weight excluding hydrogens is 390 g/mol. The van der Waals surface area contributed by atoms with Crippen LogP contribution in [-0.2, 0) is 11.2 Å². The summed E-state index contributed by atoms with van der Waals surface area (Å²) in [6.45, 7) is 4.59. The number of pyridine rings is 1. The Balaban J connectivity index is 1.46. The molecular formula is C21H24ClN5O2. The average molecular weight is 414 g/mol. The van der Waals surface area contributed by atoms with Crippen LogP contribution in [0.1, 0.15) is 43.9 Å². The molecule has 1 atom stereocenters. The molecule has 4 rings (SSSR count). The maximum absolute atomic E-state index is 13.0. The Labute approximate surface area is 175 Å². The van der Waals surface area contributed by atoms with E-state index in [1.165, 1.54) is 35.7 Å². The number of ketones is 1. The predicted octanol–water partition coefficient (Wildman–Crippen LogP) is 3.48. The molecule has 152 valence electrons. The third kappa shape index (κ3) is 4.40. The average Bonchev–Trinajstić information content (AvgIpc) is 3.49. The zero-order valence-corrected chi connectivity index (χ0v) is 17.3. The molecule has 0 spiro atoms. The lowest BCUT2D eigenvalue weighted by Gasteiger charge is -2.25. The van der Waals surface area contributed by atoms with Crippen molar-refractivity contribution in [3.63, 3.8) is 0 Å². The Morgan fingerprint density at radius 3 is 2.62 bits per heavy atom. The van der Waals surface area contributed by atoms with Gasteiger partial charge in [0.25, 0.3) is 0 Å². The number of nitrogens with zero attached hydrogens (tertiary/aromatic N) is 5. The van der Waals surface area contributed by atoms with E-state index in [1.54, 1.807) is 11.1 Å². The lowest BCUT2D eigenvalue weighted by atomic mass is 10.0. The van der Waals surface area contributed by atoms with Crippen molar-refractivity contribution in [1.29, 1.82) is 0 Å². The van der Waals surface area contributed by atoms with Crippen LogP contribution in [-0.4, -0.2) is 50.8 Å². The molecule has 29 heavy (non-hydrogen) atoms. The fourth-order valence-electron chi connectivity index (χ4n) is 3.74. The number of Topliss-reactive ketones (excluding diaryl/α,β-unsaturated/α-hetero) is 1. The van der Waals surface area contributed by atoms with Gasteiger partial charge in [0.1, 0.15) is 0 Å². The quantitative estimate of drug-likeness (QED) is 0.694. The molecule has 1 saturated heterocycles. The van der Waals surface area contributed by atoms with Gasteiger partial charge in [0, 0.05) is 11.9 Å². The van der Waals surface area contributed by atoms with Crippen molar-refractivity contribution in [3.8, 4) is 0 Å². The first kappa shape index (κ1) is 19.8. The van der Waals surface area contributed by atoms with Crippen LogP contribution < -0.4 is 4.90 Å². The number of amides is 2. The van der Waals surface area contributed by atoms with Crippen LogP contribution in [0.5, 0.6) is 0 Å². The molecule has 1 aliphatic heterocycles. The summed E-state index contributed by atoms with van der Waals surface area (Å²) < 4.78 is 0. The Bertz CT molecular complexity index is 914. The van der Waals surface area contributed by atoms with Crippen molar-refractivity contribution in [2.24, 2.45) is 5.92 Å². The molecule has 0 bridgehead atoms. The number of halogens is 1. The van der Waals surface area contributed by atoms with Crippen molar-refractivity contribution in [2.75, 3.05) is 18.0 Å². The first-order chi connectivity index (χ1) is 13.9. The van der Waals surface area contributed by atoms with E-state index in [9.17, 15) is 9.59 Å². The molecule has 2 amide bonds. The van der Waals surface area contributed by atoms with Crippen LogP contribution in [0.15, 0.2) is 30.7 Å². The highest BCUT2D eigenvalue weighted by Gasteiger charge is 2.41. The van der Waals surface area contributed by atoms with Gasteiger partial charge in [0.05, 0.1) is 43.0 Å². The third-order valence-corrected chi connectivity index (χ3v) is 5.67. The highest BCUT2D eigenvalue weighted by molar-refractivity contribution is 6.30. The Kier molecular flexibility index (Phi) is 5.50. The van der Waals surface area contributed by atoms with Crippen LogP contribution in [0.25, 0.3) is 0 Å². The molecule has 3 heterocycles. The number of rotatable bonds is 7. The van der Waals surface area contributed by atoms with Gasteiger partial charge >= 0.3 is 6.03 Å². The molecule has 0 aromatic carbocycles. The highest BCUT2D eigenvalue weighted by atomic mass is 35.5. The summed E-state index contributed by atoms with van der Waals surface area (Å²) in [7, 11) is 0. The van der Waals surface area contributed by atoms with Crippen LogP contribution in [0.2, 0.25) is 5.02 Å². The fraction of sp³-hybridized carbons (Fsp3) is 0.476. The number of carbonyl (C=O) groups is 2. The SMILES string of the molecule is CC(C)[C@H]1CN(c2ncc(Cl)cn2)C(=O)N1CC(=O)Cc1cc(C2CC2)ccn1. The van der Waals surface area contributed by atoms with Crippen molar-refractivity contribution >= 4 is 29.4 Å². The topological polar surface area (TPSA) is 79.3 Å². The molecule has 2 aromatic rings. The third-order valence-electron chi connectivity index (χ3n) is 5.48. The van der Waals surface area contributed by atoms with Crippen LogP contribution >= 0.6 is 11.6 Å². The van der Waals surface area contributed by atoms with Gasteiger partial charge in [-0.3, -0.25) is 14.7 Å². The first-order valence-corrected chi connectivity index (χ1v) is 10.3. The largest absolute Gasteiger partial charge is 0.327 e. The van der Waals surface area contributed by atoms with E-state index < -0.39 is 0 Å². The van der Waals surface area contributed by atoms with E-state index in [0.717, 1.165) is 5.69 Å². The zero-order chi connectivity index (χ0) is 20.5. The lowest BCUT2D eigenvalue weighted by Crippen LogP contribution is -2.41. The monoisotopic (exact) mass is 413 g/mol. The van der Waals surface area contributed by atoms with Gasteiger partial charge in [0.2, 0.25) is 5.95 Å². The van der Waals surface area contributed by atoms with E-state index >= 15 is 0 Å². The molecule has 7 nitrogen and oxygen atoms in total. The molecule has 1 saturated carbocycles. The molecule has 0 radical (unpaired) electrons. The van der Waals surface area contributed by atoms with Crippen molar-refractivity contribution in [3.05, 3.63) is 47.0 Å². The van der Waals surface area contributed by atoms with Crippen molar-refractivity contribution in [1.82, 2.24) is 19.9 Å². The minimum atomic E-state index is -0.251. The van der Waals surface area contributed by atoms with Gasteiger partial charge in [-0.05, 0) is 42.4 Å².